The Kier molecular flexibility index (Phi) is 4.62. The SMILES string of the molecule is CCNC(CO)CCN(CC1CC1)C1CC1. The summed E-state index contributed by atoms with van der Waals surface area (Å²) in [6.45, 7) is 5.81. The Morgan fingerprint density at radius 2 is 2.06 bits per heavy atom. The smallest absolute Gasteiger partial charge is 0.0585 e. The van der Waals surface area contributed by atoms with Crippen molar-refractivity contribution in [2.45, 2.75) is 51.1 Å². The second-order valence-electron chi connectivity index (χ2n) is 5.40. The van der Waals surface area contributed by atoms with Gasteiger partial charge in [0.2, 0.25) is 0 Å². The third-order valence-electron chi connectivity index (χ3n) is 3.73. The van der Waals surface area contributed by atoms with Gasteiger partial charge in [0, 0.05) is 25.2 Å². The predicted molar refractivity (Wildman–Crippen MR) is 66.5 cm³/mol. The lowest BCUT2D eigenvalue weighted by atomic mass is 10.2. The molecular weight excluding hydrogens is 200 g/mol. The van der Waals surface area contributed by atoms with Crippen molar-refractivity contribution >= 4 is 0 Å². The van der Waals surface area contributed by atoms with Crippen LogP contribution in [0.1, 0.15) is 39.0 Å². The van der Waals surface area contributed by atoms with Gasteiger partial charge in [-0.1, -0.05) is 6.92 Å². The van der Waals surface area contributed by atoms with Crippen molar-refractivity contribution in [2.75, 3.05) is 26.2 Å². The average molecular weight is 226 g/mol. The van der Waals surface area contributed by atoms with Crippen LogP contribution in [0.25, 0.3) is 0 Å². The van der Waals surface area contributed by atoms with Crippen LogP contribution in [0.2, 0.25) is 0 Å². The quantitative estimate of drug-likeness (QED) is 0.620. The Labute approximate surface area is 99.2 Å². The van der Waals surface area contributed by atoms with Gasteiger partial charge in [-0.25, -0.2) is 0 Å². The zero-order valence-electron chi connectivity index (χ0n) is 10.5. The first kappa shape index (κ1) is 12.3. The van der Waals surface area contributed by atoms with E-state index in [1.165, 1.54) is 38.8 Å². The molecule has 0 heterocycles. The molecule has 1 unspecified atom stereocenters. The molecule has 0 saturated heterocycles. The van der Waals surface area contributed by atoms with Gasteiger partial charge in [0.15, 0.2) is 0 Å². The molecule has 2 aliphatic rings. The van der Waals surface area contributed by atoms with E-state index >= 15 is 0 Å². The van der Waals surface area contributed by atoms with Crippen molar-refractivity contribution in [1.29, 1.82) is 0 Å². The van der Waals surface area contributed by atoms with Crippen molar-refractivity contribution in [3.05, 3.63) is 0 Å². The summed E-state index contributed by atoms with van der Waals surface area (Å²) in [5, 5.41) is 12.6. The topological polar surface area (TPSA) is 35.5 Å². The van der Waals surface area contributed by atoms with E-state index in [4.69, 9.17) is 0 Å². The van der Waals surface area contributed by atoms with Crippen molar-refractivity contribution in [2.24, 2.45) is 5.92 Å². The molecule has 2 aliphatic carbocycles. The lowest BCUT2D eigenvalue weighted by Gasteiger charge is -2.24. The van der Waals surface area contributed by atoms with Gasteiger partial charge < -0.3 is 15.3 Å². The summed E-state index contributed by atoms with van der Waals surface area (Å²) in [6, 6.07) is 1.17. The van der Waals surface area contributed by atoms with Crippen LogP contribution in [0, 0.1) is 5.92 Å². The molecule has 16 heavy (non-hydrogen) atoms. The monoisotopic (exact) mass is 226 g/mol. The average Bonchev–Trinajstić information content (AvgIpc) is 3.15. The van der Waals surface area contributed by atoms with E-state index in [0.29, 0.717) is 6.04 Å². The Hall–Kier alpha value is -0.120. The fourth-order valence-corrected chi connectivity index (χ4v) is 2.36. The van der Waals surface area contributed by atoms with Gasteiger partial charge in [0.05, 0.1) is 6.61 Å². The number of hydrogen-bond acceptors (Lipinski definition) is 3. The van der Waals surface area contributed by atoms with Gasteiger partial charge >= 0.3 is 0 Å². The minimum absolute atomic E-state index is 0.274. The number of likely N-dealkylation sites (N-methyl/N-ethyl adjacent to an activating group) is 1. The van der Waals surface area contributed by atoms with Crippen molar-refractivity contribution < 1.29 is 5.11 Å². The molecular formula is C13H26N2O. The predicted octanol–water partition coefficient (Wildman–Crippen LogP) is 1.22. The van der Waals surface area contributed by atoms with Gasteiger partial charge in [-0.3, -0.25) is 0 Å². The van der Waals surface area contributed by atoms with Gasteiger partial charge in [-0.05, 0) is 44.6 Å². The van der Waals surface area contributed by atoms with Gasteiger partial charge in [0.25, 0.3) is 0 Å². The number of aliphatic hydroxyl groups excluding tert-OH is 1. The van der Waals surface area contributed by atoms with Crippen molar-refractivity contribution in [3.8, 4) is 0 Å². The number of nitrogens with one attached hydrogen (secondary N) is 1. The molecule has 94 valence electrons. The van der Waals surface area contributed by atoms with E-state index in [9.17, 15) is 5.11 Å². The summed E-state index contributed by atoms with van der Waals surface area (Å²) in [5.74, 6) is 0.993. The van der Waals surface area contributed by atoms with Crippen LogP contribution in [0.4, 0.5) is 0 Å². The summed E-state index contributed by atoms with van der Waals surface area (Å²) < 4.78 is 0. The van der Waals surface area contributed by atoms with E-state index in [0.717, 1.165) is 24.9 Å². The highest BCUT2D eigenvalue weighted by molar-refractivity contribution is 4.88. The van der Waals surface area contributed by atoms with E-state index in [2.05, 4.69) is 17.1 Å². The van der Waals surface area contributed by atoms with E-state index in [1.807, 2.05) is 0 Å². The Balaban J connectivity index is 1.67. The summed E-state index contributed by atoms with van der Waals surface area (Å²) in [7, 11) is 0. The molecule has 0 radical (unpaired) electrons. The molecule has 2 saturated carbocycles. The molecule has 0 aliphatic heterocycles. The molecule has 0 aromatic rings. The number of nitrogens with zero attached hydrogens (tertiary/aromatic N) is 1. The highest BCUT2D eigenvalue weighted by Crippen LogP contribution is 2.34. The van der Waals surface area contributed by atoms with Crippen molar-refractivity contribution in [3.63, 3.8) is 0 Å². The second-order valence-corrected chi connectivity index (χ2v) is 5.40. The van der Waals surface area contributed by atoms with Gasteiger partial charge in [0.1, 0.15) is 0 Å². The minimum Gasteiger partial charge on any atom is -0.395 e. The molecule has 3 nitrogen and oxygen atoms in total. The van der Waals surface area contributed by atoms with Gasteiger partial charge in [-0.15, -0.1) is 0 Å². The summed E-state index contributed by atoms with van der Waals surface area (Å²) in [5.41, 5.74) is 0. The minimum atomic E-state index is 0.274. The third-order valence-corrected chi connectivity index (χ3v) is 3.73. The zero-order chi connectivity index (χ0) is 11.4. The highest BCUT2D eigenvalue weighted by atomic mass is 16.3. The van der Waals surface area contributed by atoms with Crippen LogP contribution in [0.3, 0.4) is 0 Å². The summed E-state index contributed by atoms with van der Waals surface area (Å²) in [4.78, 5) is 2.66. The van der Waals surface area contributed by atoms with E-state index < -0.39 is 0 Å². The molecule has 2 rings (SSSR count). The maximum Gasteiger partial charge on any atom is 0.0585 e. The molecule has 0 aromatic heterocycles. The lowest BCUT2D eigenvalue weighted by Crippen LogP contribution is -2.38. The standard InChI is InChI=1S/C13H26N2O/c1-2-14-12(10-16)7-8-15(13-5-6-13)9-11-3-4-11/h11-14,16H,2-10H2,1H3. The number of aliphatic hydroxyl groups is 1. The Morgan fingerprint density at radius 3 is 2.56 bits per heavy atom. The van der Waals surface area contributed by atoms with Crippen LogP contribution < -0.4 is 5.32 Å². The fourth-order valence-electron chi connectivity index (χ4n) is 2.36. The molecule has 2 N–H and O–H groups in total. The van der Waals surface area contributed by atoms with Crippen LogP contribution in [0.5, 0.6) is 0 Å². The molecule has 1 atom stereocenters. The Morgan fingerprint density at radius 1 is 1.31 bits per heavy atom. The summed E-state index contributed by atoms with van der Waals surface area (Å²) in [6.07, 6.45) is 6.78. The van der Waals surface area contributed by atoms with Crippen LogP contribution in [-0.2, 0) is 0 Å². The first-order valence-electron chi connectivity index (χ1n) is 6.91. The molecule has 0 spiro atoms. The zero-order valence-corrected chi connectivity index (χ0v) is 10.5. The number of rotatable bonds is 9. The van der Waals surface area contributed by atoms with E-state index in [1.54, 1.807) is 0 Å². The van der Waals surface area contributed by atoms with Crippen LogP contribution in [-0.4, -0.2) is 48.3 Å². The summed E-state index contributed by atoms with van der Waals surface area (Å²) >= 11 is 0. The van der Waals surface area contributed by atoms with Crippen LogP contribution in [0.15, 0.2) is 0 Å². The molecule has 0 amide bonds. The normalized spacial score (nSPS) is 22.7. The maximum atomic E-state index is 9.24. The molecule has 3 heteroatoms. The first-order chi connectivity index (χ1) is 7.83. The molecule has 2 fully saturated rings. The fraction of sp³-hybridized carbons (Fsp3) is 1.00. The first-order valence-corrected chi connectivity index (χ1v) is 6.91. The lowest BCUT2D eigenvalue weighted by molar-refractivity contribution is 0.198. The van der Waals surface area contributed by atoms with Gasteiger partial charge in [-0.2, -0.15) is 0 Å². The largest absolute Gasteiger partial charge is 0.395 e. The molecule has 0 aromatic carbocycles. The van der Waals surface area contributed by atoms with Crippen LogP contribution >= 0.6 is 0 Å². The second kappa shape index (κ2) is 5.99. The molecule has 0 bridgehead atoms. The third kappa shape index (κ3) is 4.04. The number of hydrogen-bond donors (Lipinski definition) is 2. The Bertz CT molecular complexity index is 202. The van der Waals surface area contributed by atoms with E-state index in [-0.39, 0.29) is 6.61 Å². The highest BCUT2D eigenvalue weighted by Gasteiger charge is 2.33. The van der Waals surface area contributed by atoms with Crippen molar-refractivity contribution in [1.82, 2.24) is 10.2 Å². The maximum absolute atomic E-state index is 9.24.